The molecular formula is C14H20N6O3S. The van der Waals surface area contributed by atoms with Crippen molar-refractivity contribution in [2.24, 2.45) is 5.92 Å². The zero-order valence-corrected chi connectivity index (χ0v) is 14.6. The van der Waals surface area contributed by atoms with E-state index < -0.39 is 12.1 Å². The summed E-state index contributed by atoms with van der Waals surface area (Å²) >= 11 is 1.36. The third-order valence-corrected chi connectivity index (χ3v) is 4.49. The molecule has 2 aromatic heterocycles. The van der Waals surface area contributed by atoms with Gasteiger partial charge in [-0.2, -0.15) is 4.98 Å². The normalized spacial score (nSPS) is 20.8. The van der Waals surface area contributed by atoms with Gasteiger partial charge in [0.25, 0.3) is 0 Å². The highest BCUT2D eigenvalue weighted by Crippen LogP contribution is 2.32. The van der Waals surface area contributed by atoms with E-state index in [0.29, 0.717) is 29.2 Å². The fraction of sp³-hybridized carbons (Fsp3) is 0.643. The SMILES string of the molecule is Cc1noc([C@H]2C[C@H](O)CN2C(=O)Nc2nnc(CC(C)C)s2)n1. The lowest BCUT2D eigenvalue weighted by molar-refractivity contribution is 0.174. The number of aliphatic hydroxyl groups is 1. The Labute approximate surface area is 143 Å². The molecule has 2 amide bonds. The minimum Gasteiger partial charge on any atom is -0.391 e. The first kappa shape index (κ1) is 16.8. The summed E-state index contributed by atoms with van der Waals surface area (Å²) in [5.74, 6) is 1.30. The number of aromatic nitrogens is 4. The number of urea groups is 1. The third-order valence-electron chi connectivity index (χ3n) is 3.63. The topological polar surface area (TPSA) is 117 Å². The van der Waals surface area contributed by atoms with Gasteiger partial charge in [-0.25, -0.2) is 4.79 Å². The molecule has 0 bridgehead atoms. The molecule has 130 valence electrons. The Kier molecular flexibility index (Phi) is 4.76. The van der Waals surface area contributed by atoms with Crippen LogP contribution in [0.4, 0.5) is 9.93 Å². The van der Waals surface area contributed by atoms with E-state index in [-0.39, 0.29) is 12.6 Å². The van der Waals surface area contributed by atoms with Gasteiger partial charge < -0.3 is 14.5 Å². The van der Waals surface area contributed by atoms with Crippen molar-refractivity contribution in [2.75, 3.05) is 11.9 Å². The summed E-state index contributed by atoms with van der Waals surface area (Å²) < 4.78 is 5.16. The van der Waals surface area contributed by atoms with Crippen LogP contribution in [0.15, 0.2) is 4.52 Å². The molecule has 1 aliphatic heterocycles. The number of hydrogen-bond donors (Lipinski definition) is 2. The van der Waals surface area contributed by atoms with E-state index in [9.17, 15) is 9.90 Å². The fourth-order valence-corrected chi connectivity index (χ4v) is 3.56. The lowest BCUT2D eigenvalue weighted by Crippen LogP contribution is -2.35. The summed E-state index contributed by atoms with van der Waals surface area (Å²) in [4.78, 5) is 18.2. The highest BCUT2D eigenvalue weighted by molar-refractivity contribution is 7.15. The number of amides is 2. The summed E-state index contributed by atoms with van der Waals surface area (Å²) in [5, 5.41) is 25.8. The number of β-amino-alcohol motifs (C(OH)–C–C–N with tert-alkyl or cyclic N) is 1. The first-order valence-corrected chi connectivity index (χ1v) is 8.62. The maximum Gasteiger partial charge on any atom is 0.324 e. The molecule has 1 saturated heterocycles. The zero-order valence-electron chi connectivity index (χ0n) is 13.8. The molecule has 1 fully saturated rings. The molecule has 2 N–H and O–H groups in total. The number of aliphatic hydroxyl groups excluding tert-OH is 1. The van der Waals surface area contributed by atoms with E-state index in [4.69, 9.17) is 4.52 Å². The maximum absolute atomic E-state index is 12.5. The van der Waals surface area contributed by atoms with Gasteiger partial charge in [-0.1, -0.05) is 30.3 Å². The van der Waals surface area contributed by atoms with Crippen molar-refractivity contribution in [3.8, 4) is 0 Å². The summed E-state index contributed by atoms with van der Waals surface area (Å²) in [6, 6.07) is -0.802. The molecule has 0 saturated carbocycles. The van der Waals surface area contributed by atoms with Crippen LogP contribution in [0.25, 0.3) is 0 Å². The molecule has 0 aliphatic carbocycles. The Hall–Kier alpha value is -2.07. The number of aryl methyl sites for hydroxylation is 1. The largest absolute Gasteiger partial charge is 0.391 e. The van der Waals surface area contributed by atoms with Gasteiger partial charge in [0.2, 0.25) is 11.0 Å². The van der Waals surface area contributed by atoms with Crippen LogP contribution in [0.1, 0.15) is 43.0 Å². The zero-order chi connectivity index (χ0) is 17.3. The number of anilines is 1. The van der Waals surface area contributed by atoms with Crippen LogP contribution in [0.3, 0.4) is 0 Å². The van der Waals surface area contributed by atoms with Crippen LogP contribution in [-0.2, 0) is 6.42 Å². The van der Waals surface area contributed by atoms with Crippen LogP contribution in [-0.4, -0.2) is 49.0 Å². The second kappa shape index (κ2) is 6.81. The van der Waals surface area contributed by atoms with Crippen molar-refractivity contribution in [3.63, 3.8) is 0 Å². The first-order chi connectivity index (χ1) is 11.4. The summed E-state index contributed by atoms with van der Waals surface area (Å²) in [6.45, 7) is 6.11. The number of carbonyl (C=O) groups is 1. The monoisotopic (exact) mass is 352 g/mol. The van der Waals surface area contributed by atoms with Crippen molar-refractivity contribution < 1.29 is 14.4 Å². The minimum absolute atomic E-state index is 0.204. The van der Waals surface area contributed by atoms with Gasteiger partial charge in [0.1, 0.15) is 11.0 Å². The van der Waals surface area contributed by atoms with E-state index in [2.05, 4.69) is 39.5 Å². The number of rotatable bonds is 4. The summed E-state index contributed by atoms with van der Waals surface area (Å²) in [5.41, 5.74) is 0. The van der Waals surface area contributed by atoms with Gasteiger partial charge in [-0.05, 0) is 12.8 Å². The molecular weight excluding hydrogens is 332 g/mol. The van der Waals surface area contributed by atoms with Crippen LogP contribution in [0.2, 0.25) is 0 Å². The molecule has 2 atom stereocenters. The van der Waals surface area contributed by atoms with Gasteiger partial charge in [0, 0.05) is 19.4 Å². The number of hydrogen-bond acceptors (Lipinski definition) is 8. The average Bonchev–Trinajstić information content (AvgIpc) is 3.19. The highest BCUT2D eigenvalue weighted by Gasteiger charge is 2.39. The second-order valence-electron chi connectivity index (χ2n) is 6.27. The van der Waals surface area contributed by atoms with Crippen molar-refractivity contribution in [1.29, 1.82) is 0 Å². The molecule has 2 aromatic rings. The van der Waals surface area contributed by atoms with Crippen molar-refractivity contribution in [3.05, 3.63) is 16.7 Å². The predicted octanol–water partition coefficient (Wildman–Crippen LogP) is 1.77. The molecule has 0 spiro atoms. The Morgan fingerprint density at radius 2 is 2.29 bits per heavy atom. The van der Waals surface area contributed by atoms with Gasteiger partial charge in [0.05, 0.1) is 6.10 Å². The molecule has 24 heavy (non-hydrogen) atoms. The molecule has 9 nitrogen and oxygen atoms in total. The van der Waals surface area contributed by atoms with Crippen LogP contribution in [0, 0.1) is 12.8 Å². The van der Waals surface area contributed by atoms with Crippen LogP contribution in [0.5, 0.6) is 0 Å². The van der Waals surface area contributed by atoms with E-state index >= 15 is 0 Å². The standard InChI is InChI=1S/C14H20N6O3S/c1-7(2)4-11-17-18-13(24-11)16-14(22)20-6-9(21)5-10(20)12-15-8(3)19-23-12/h7,9-10,21H,4-6H2,1-3H3,(H,16,18,22)/t9-,10+/m0/s1. The minimum atomic E-state index is -0.626. The van der Waals surface area contributed by atoms with E-state index in [0.717, 1.165) is 11.4 Å². The molecule has 3 heterocycles. The second-order valence-corrected chi connectivity index (χ2v) is 7.33. The molecule has 3 rings (SSSR count). The number of nitrogens with zero attached hydrogens (tertiary/aromatic N) is 5. The number of carbonyl (C=O) groups excluding carboxylic acids is 1. The molecule has 1 aliphatic rings. The Morgan fingerprint density at radius 1 is 1.50 bits per heavy atom. The van der Waals surface area contributed by atoms with E-state index in [1.807, 2.05) is 0 Å². The van der Waals surface area contributed by atoms with Gasteiger partial charge in [-0.15, -0.1) is 10.2 Å². The van der Waals surface area contributed by atoms with E-state index in [1.165, 1.54) is 16.2 Å². The first-order valence-electron chi connectivity index (χ1n) is 7.80. The van der Waals surface area contributed by atoms with Gasteiger partial charge in [-0.3, -0.25) is 5.32 Å². The summed E-state index contributed by atoms with van der Waals surface area (Å²) in [7, 11) is 0. The van der Waals surface area contributed by atoms with Crippen LogP contribution < -0.4 is 5.32 Å². The van der Waals surface area contributed by atoms with Crippen molar-refractivity contribution >= 4 is 22.5 Å². The Bertz CT molecular complexity index is 715. The van der Waals surface area contributed by atoms with Crippen molar-refractivity contribution in [2.45, 2.75) is 45.8 Å². The predicted molar refractivity (Wildman–Crippen MR) is 86.6 cm³/mol. The quantitative estimate of drug-likeness (QED) is 0.861. The number of likely N-dealkylation sites (tertiary alicyclic amines) is 1. The summed E-state index contributed by atoms with van der Waals surface area (Å²) in [6.07, 6.45) is 0.558. The van der Waals surface area contributed by atoms with Crippen LogP contribution >= 0.6 is 11.3 Å². The lowest BCUT2D eigenvalue weighted by atomic mass is 10.1. The lowest BCUT2D eigenvalue weighted by Gasteiger charge is -2.21. The maximum atomic E-state index is 12.5. The smallest absolute Gasteiger partial charge is 0.324 e. The Balaban J connectivity index is 1.69. The third kappa shape index (κ3) is 3.70. The van der Waals surface area contributed by atoms with Crippen molar-refractivity contribution in [1.82, 2.24) is 25.2 Å². The van der Waals surface area contributed by atoms with Gasteiger partial charge in [0.15, 0.2) is 5.82 Å². The Morgan fingerprint density at radius 3 is 2.96 bits per heavy atom. The molecule has 0 radical (unpaired) electrons. The fourth-order valence-electron chi connectivity index (χ4n) is 2.62. The molecule has 0 unspecified atom stereocenters. The van der Waals surface area contributed by atoms with Gasteiger partial charge >= 0.3 is 6.03 Å². The molecule has 10 heteroatoms. The number of nitrogens with one attached hydrogen (secondary N) is 1. The molecule has 0 aromatic carbocycles. The average molecular weight is 352 g/mol. The highest BCUT2D eigenvalue weighted by atomic mass is 32.1. The van der Waals surface area contributed by atoms with E-state index in [1.54, 1.807) is 6.92 Å².